The van der Waals surface area contributed by atoms with Crippen LogP contribution < -0.4 is 10.6 Å². The number of aromatic hydroxyl groups is 1. The Balaban J connectivity index is 1.72. The number of benzene rings is 3. The Morgan fingerprint density at radius 3 is 2.56 bits per heavy atom. The summed E-state index contributed by atoms with van der Waals surface area (Å²) in [7, 11) is 0. The van der Waals surface area contributed by atoms with E-state index in [-0.39, 0.29) is 16.8 Å². The molecular weight excluding hydrogens is 356 g/mol. The molecule has 0 aliphatic carbocycles. The SMILES string of the molecule is CC[C@H](C)c1ccc(O)c(NC(=S)NC(=O)c2ccc3ccccc3c2)c1. The minimum atomic E-state index is -0.296. The first-order valence-corrected chi connectivity index (χ1v) is 9.32. The molecule has 0 unspecified atom stereocenters. The minimum Gasteiger partial charge on any atom is -0.506 e. The lowest BCUT2D eigenvalue weighted by Gasteiger charge is -2.15. The average Bonchev–Trinajstić information content (AvgIpc) is 2.68. The van der Waals surface area contributed by atoms with Crippen LogP contribution in [0.3, 0.4) is 0 Å². The summed E-state index contributed by atoms with van der Waals surface area (Å²) in [4.78, 5) is 12.5. The van der Waals surface area contributed by atoms with Crippen molar-refractivity contribution in [3.05, 3.63) is 71.8 Å². The molecule has 0 aliphatic rings. The van der Waals surface area contributed by atoms with Crippen LogP contribution in [0.5, 0.6) is 5.75 Å². The number of fused-ring (bicyclic) bond motifs is 1. The second-order valence-electron chi connectivity index (χ2n) is 6.56. The number of amides is 1. The zero-order valence-corrected chi connectivity index (χ0v) is 16.1. The number of phenols is 1. The summed E-state index contributed by atoms with van der Waals surface area (Å²) in [6, 6.07) is 18.7. The standard InChI is InChI=1S/C22H22N2O2S/c1-3-14(2)16-10-11-20(25)19(13-16)23-22(27)24-21(26)18-9-8-15-6-4-5-7-17(15)12-18/h4-14,25H,3H2,1-2H3,(H2,23,24,26,27)/t14-/m0/s1. The Morgan fingerprint density at radius 2 is 1.81 bits per heavy atom. The van der Waals surface area contributed by atoms with E-state index in [0.29, 0.717) is 17.2 Å². The number of hydrogen-bond donors (Lipinski definition) is 3. The lowest BCUT2D eigenvalue weighted by atomic mass is 9.98. The molecule has 4 nitrogen and oxygen atoms in total. The molecule has 1 amide bonds. The van der Waals surface area contributed by atoms with Gasteiger partial charge in [0.25, 0.3) is 5.91 Å². The van der Waals surface area contributed by atoms with Crippen LogP contribution in [0.25, 0.3) is 10.8 Å². The molecule has 3 rings (SSSR count). The van der Waals surface area contributed by atoms with Crippen molar-refractivity contribution in [3.8, 4) is 5.75 Å². The summed E-state index contributed by atoms with van der Waals surface area (Å²) < 4.78 is 0. The Kier molecular flexibility index (Phi) is 5.72. The fourth-order valence-electron chi connectivity index (χ4n) is 2.86. The highest BCUT2D eigenvalue weighted by Crippen LogP contribution is 2.29. The summed E-state index contributed by atoms with van der Waals surface area (Å²) >= 11 is 5.25. The highest BCUT2D eigenvalue weighted by molar-refractivity contribution is 7.80. The van der Waals surface area contributed by atoms with Crippen molar-refractivity contribution in [3.63, 3.8) is 0 Å². The second kappa shape index (κ2) is 8.18. The number of carbonyl (C=O) groups excluding carboxylic acids is 1. The van der Waals surface area contributed by atoms with Crippen molar-refractivity contribution in [2.24, 2.45) is 0 Å². The van der Waals surface area contributed by atoms with Gasteiger partial charge < -0.3 is 10.4 Å². The molecule has 1 atom stereocenters. The highest BCUT2D eigenvalue weighted by Gasteiger charge is 2.12. The van der Waals surface area contributed by atoms with Gasteiger partial charge in [0.1, 0.15) is 5.75 Å². The van der Waals surface area contributed by atoms with Gasteiger partial charge in [-0.3, -0.25) is 10.1 Å². The number of hydrogen-bond acceptors (Lipinski definition) is 3. The first-order valence-electron chi connectivity index (χ1n) is 8.92. The first-order chi connectivity index (χ1) is 13.0. The number of anilines is 1. The fourth-order valence-corrected chi connectivity index (χ4v) is 3.06. The Hall–Kier alpha value is -2.92. The highest BCUT2D eigenvalue weighted by atomic mass is 32.1. The maximum atomic E-state index is 12.5. The fraction of sp³-hybridized carbons (Fsp3) is 0.182. The average molecular weight is 378 g/mol. The lowest BCUT2D eigenvalue weighted by Crippen LogP contribution is -2.34. The quantitative estimate of drug-likeness (QED) is 0.432. The van der Waals surface area contributed by atoms with E-state index >= 15 is 0 Å². The molecule has 0 heterocycles. The van der Waals surface area contributed by atoms with E-state index in [1.807, 2.05) is 48.5 Å². The van der Waals surface area contributed by atoms with Crippen molar-refractivity contribution in [2.75, 3.05) is 5.32 Å². The normalized spacial score (nSPS) is 11.8. The van der Waals surface area contributed by atoms with Crippen LogP contribution in [0.2, 0.25) is 0 Å². The predicted octanol–water partition coefficient (Wildman–Crippen LogP) is 5.19. The van der Waals surface area contributed by atoms with E-state index in [1.54, 1.807) is 12.1 Å². The number of nitrogens with one attached hydrogen (secondary N) is 2. The van der Waals surface area contributed by atoms with Gasteiger partial charge in [-0.15, -0.1) is 0 Å². The van der Waals surface area contributed by atoms with E-state index in [1.165, 1.54) is 0 Å². The maximum absolute atomic E-state index is 12.5. The summed E-state index contributed by atoms with van der Waals surface area (Å²) in [6.07, 6.45) is 0.993. The third kappa shape index (κ3) is 4.44. The van der Waals surface area contributed by atoms with Gasteiger partial charge in [-0.05, 0) is 65.2 Å². The molecule has 0 fully saturated rings. The number of thiocarbonyl (C=S) groups is 1. The number of rotatable bonds is 4. The molecule has 0 aliphatic heterocycles. The topological polar surface area (TPSA) is 61.4 Å². The van der Waals surface area contributed by atoms with Crippen LogP contribution in [0.4, 0.5) is 5.69 Å². The van der Waals surface area contributed by atoms with Crippen LogP contribution in [-0.4, -0.2) is 16.1 Å². The molecule has 0 aromatic heterocycles. The van der Waals surface area contributed by atoms with Crippen LogP contribution >= 0.6 is 12.2 Å². The van der Waals surface area contributed by atoms with Gasteiger partial charge in [0.15, 0.2) is 5.11 Å². The van der Waals surface area contributed by atoms with E-state index < -0.39 is 0 Å². The molecular formula is C22H22N2O2S. The third-order valence-electron chi connectivity index (χ3n) is 4.69. The van der Waals surface area contributed by atoms with E-state index in [4.69, 9.17) is 12.2 Å². The van der Waals surface area contributed by atoms with Crippen molar-refractivity contribution in [1.82, 2.24) is 5.32 Å². The van der Waals surface area contributed by atoms with Gasteiger partial charge in [0.2, 0.25) is 0 Å². The zero-order valence-electron chi connectivity index (χ0n) is 15.3. The second-order valence-corrected chi connectivity index (χ2v) is 6.96. The van der Waals surface area contributed by atoms with Crippen LogP contribution in [0.1, 0.15) is 42.1 Å². The van der Waals surface area contributed by atoms with Crippen molar-refractivity contribution in [1.29, 1.82) is 0 Å². The van der Waals surface area contributed by atoms with Gasteiger partial charge in [-0.1, -0.05) is 50.2 Å². The summed E-state index contributed by atoms with van der Waals surface area (Å²) in [5.41, 5.74) is 2.11. The molecule has 0 radical (unpaired) electrons. The molecule has 27 heavy (non-hydrogen) atoms. The molecule has 0 saturated heterocycles. The Morgan fingerprint density at radius 1 is 1.07 bits per heavy atom. The largest absolute Gasteiger partial charge is 0.506 e. The molecule has 3 N–H and O–H groups in total. The third-order valence-corrected chi connectivity index (χ3v) is 4.89. The van der Waals surface area contributed by atoms with E-state index in [0.717, 1.165) is 22.8 Å². The summed E-state index contributed by atoms with van der Waals surface area (Å²) in [6.45, 7) is 4.23. The molecule has 5 heteroatoms. The predicted molar refractivity (Wildman–Crippen MR) is 114 cm³/mol. The van der Waals surface area contributed by atoms with Crippen molar-refractivity contribution in [2.45, 2.75) is 26.2 Å². The van der Waals surface area contributed by atoms with E-state index in [9.17, 15) is 9.90 Å². The van der Waals surface area contributed by atoms with Crippen LogP contribution in [-0.2, 0) is 0 Å². The zero-order chi connectivity index (χ0) is 19.4. The van der Waals surface area contributed by atoms with Crippen molar-refractivity contribution >= 4 is 39.7 Å². The smallest absolute Gasteiger partial charge is 0.257 e. The lowest BCUT2D eigenvalue weighted by molar-refractivity contribution is 0.0978. The maximum Gasteiger partial charge on any atom is 0.257 e. The summed E-state index contributed by atoms with van der Waals surface area (Å²) in [5, 5.41) is 17.9. The van der Waals surface area contributed by atoms with Crippen molar-refractivity contribution < 1.29 is 9.90 Å². The van der Waals surface area contributed by atoms with Crippen LogP contribution in [0, 0.1) is 0 Å². The Bertz CT molecular complexity index is 1000. The first kappa shape index (κ1) is 18.9. The Labute approximate surface area is 164 Å². The van der Waals surface area contributed by atoms with Gasteiger partial charge in [-0.25, -0.2) is 0 Å². The molecule has 0 bridgehead atoms. The molecule has 0 saturated carbocycles. The van der Waals surface area contributed by atoms with Crippen LogP contribution in [0.15, 0.2) is 60.7 Å². The van der Waals surface area contributed by atoms with E-state index in [2.05, 4.69) is 24.5 Å². The van der Waals surface area contributed by atoms with Gasteiger partial charge >= 0.3 is 0 Å². The number of carbonyl (C=O) groups is 1. The molecule has 3 aromatic rings. The summed E-state index contributed by atoms with van der Waals surface area (Å²) in [5.74, 6) is 0.159. The minimum absolute atomic E-state index is 0.0874. The van der Waals surface area contributed by atoms with Gasteiger partial charge in [-0.2, -0.15) is 0 Å². The molecule has 138 valence electrons. The monoisotopic (exact) mass is 378 g/mol. The molecule has 3 aromatic carbocycles. The van der Waals surface area contributed by atoms with Gasteiger partial charge in [0, 0.05) is 5.56 Å². The number of phenolic OH excluding ortho intramolecular Hbond substituents is 1. The molecule has 0 spiro atoms. The van der Waals surface area contributed by atoms with Gasteiger partial charge in [0.05, 0.1) is 5.69 Å².